The maximum atomic E-state index is 14.4. The van der Waals surface area contributed by atoms with Crippen molar-refractivity contribution >= 4 is 28.7 Å². The van der Waals surface area contributed by atoms with Crippen molar-refractivity contribution in [3.8, 4) is 5.75 Å². The molecule has 40 heavy (non-hydrogen) atoms. The Morgan fingerprint density at radius 1 is 1.10 bits per heavy atom. The zero-order valence-corrected chi connectivity index (χ0v) is 22.4. The van der Waals surface area contributed by atoms with E-state index in [9.17, 15) is 9.18 Å². The minimum atomic E-state index is -0.617. The number of carbonyl (C=O) groups excluding carboxylic acids is 1. The van der Waals surface area contributed by atoms with Gasteiger partial charge in [0.15, 0.2) is 23.0 Å². The van der Waals surface area contributed by atoms with E-state index in [0.717, 1.165) is 61.7 Å². The highest BCUT2D eigenvalue weighted by atomic mass is 19.1. The smallest absolute Gasteiger partial charge is 0.278 e. The highest BCUT2D eigenvalue weighted by Crippen LogP contribution is 2.36. The number of methoxy groups -OCH3 is 1. The molecule has 4 N–H and O–H groups in total. The summed E-state index contributed by atoms with van der Waals surface area (Å²) < 4.78 is 21.3. The van der Waals surface area contributed by atoms with Crippen LogP contribution in [0.5, 0.6) is 5.75 Å². The number of hydrogen-bond donors (Lipinski definition) is 3. The lowest BCUT2D eigenvalue weighted by molar-refractivity contribution is 0.102. The number of fused-ring (bicyclic) bond motifs is 1. The third kappa shape index (κ3) is 5.42. The minimum Gasteiger partial charge on any atom is -0.497 e. The first-order chi connectivity index (χ1) is 19.5. The molecule has 0 radical (unpaired) electrons. The number of ether oxygens (including phenoxy) is 1. The van der Waals surface area contributed by atoms with Crippen LogP contribution in [0.25, 0.3) is 5.65 Å². The van der Waals surface area contributed by atoms with E-state index in [4.69, 9.17) is 15.5 Å². The molecule has 2 fully saturated rings. The number of aromatic nitrogens is 4. The van der Waals surface area contributed by atoms with Crippen molar-refractivity contribution in [1.29, 1.82) is 0 Å². The van der Waals surface area contributed by atoms with Gasteiger partial charge in [-0.05, 0) is 68.4 Å². The average Bonchev–Trinajstić information content (AvgIpc) is 3.74. The van der Waals surface area contributed by atoms with E-state index in [0.29, 0.717) is 24.1 Å². The van der Waals surface area contributed by atoms with Gasteiger partial charge >= 0.3 is 0 Å². The van der Waals surface area contributed by atoms with Gasteiger partial charge in [0.2, 0.25) is 0 Å². The number of amides is 1. The second kappa shape index (κ2) is 11.1. The van der Waals surface area contributed by atoms with Gasteiger partial charge in [-0.15, -0.1) is 0 Å². The summed E-state index contributed by atoms with van der Waals surface area (Å²) in [6.45, 7) is 0.675. The highest BCUT2D eigenvalue weighted by Gasteiger charge is 2.33. The number of nitrogens with one attached hydrogen (secondary N) is 2. The van der Waals surface area contributed by atoms with Crippen molar-refractivity contribution in [2.75, 3.05) is 22.6 Å². The molecule has 3 aromatic heterocycles. The van der Waals surface area contributed by atoms with Crippen LogP contribution in [0.2, 0.25) is 0 Å². The van der Waals surface area contributed by atoms with Crippen molar-refractivity contribution in [3.05, 3.63) is 72.1 Å². The van der Waals surface area contributed by atoms with Gasteiger partial charge in [0.05, 0.1) is 30.9 Å². The summed E-state index contributed by atoms with van der Waals surface area (Å²) in [6.07, 6.45) is 9.88. The molecule has 0 unspecified atom stereocenters. The summed E-state index contributed by atoms with van der Waals surface area (Å²) in [5.74, 6) is 0.105. The summed E-state index contributed by atoms with van der Waals surface area (Å²) in [5.41, 5.74) is 8.98. The van der Waals surface area contributed by atoms with Gasteiger partial charge in [-0.2, -0.15) is 5.10 Å². The molecule has 1 aromatic carbocycles. The molecule has 1 amide bonds. The largest absolute Gasteiger partial charge is 0.497 e. The van der Waals surface area contributed by atoms with E-state index < -0.39 is 11.7 Å². The average molecular weight is 545 g/mol. The Morgan fingerprint density at radius 3 is 2.58 bits per heavy atom. The monoisotopic (exact) mass is 544 g/mol. The van der Waals surface area contributed by atoms with Gasteiger partial charge in [-0.25, -0.2) is 13.9 Å². The quantitative estimate of drug-likeness (QED) is 0.284. The van der Waals surface area contributed by atoms with Crippen molar-refractivity contribution in [3.63, 3.8) is 0 Å². The molecule has 11 heteroatoms. The number of rotatable bonds is 9. The maximum absolute atomic E-state index is 14.4. The van der Waals surface area contributed by atoms with Crippen molar-refractivity contribution in [1.82, 2.24) is 19.6 Å². The van der Waals surface area contributed by atoms with Crippen molar-refractivity contribution in [2.45, 2.75) is 63.2 Å². The molecule has 0 bridgehead atoms. The molecule has 2 saturated carbocycles. The number of anilines is 3. The van der Waals surface area contributed by atoms with Gasteiger partial charge < -0.3 is 26.0 Å². The summed E-state index contributed by atoms with van der Waals surface area (Å²) in [5, 5.41) is 10.7. The van der Waals surface area contributed by atoms with Gasteiger partial charge in [-0.1, -0.05) is 12.1 Å². The third-order valence-electron chi connectivity index (χ3n) is 7.66. The predicted octanol–water partition coefficient (Wildman–Crippen LogP) is 4.38. The van der Waals surface area contributed by atoms with Crippen LogP contribution in [0.3, 0.4) is 0 Å². The standard InChI is InChI=1S/C29H33FN8O2/c1-40-22-10-2-18(3-11-22)17-37(21-8-9-21)25-13-15-33-38-26(29(39)35-24-12-14-32-16-23(24)30)27(36-28(25)38)34-20-6-4-19(31)5-7-20/h2-3,10-16,19-21,34H,4-9,17,31H2,1H3,(H,32,35,39). The molecule has 0 spiro atoms. The van der Waals surface area contributed by atoms with Crippen LogP contribution < -0.4 is 26.0 Å². The molecule has 0 atom stereocenters. The Bertz CT molecular complexity index is 1500. The van der Waals surface area contributed by atoms with E-state index in [2.05, 4.69) is 37.7 Å². The van der Waals surface area contributed by atoms with Crippen LogP contribution in [0.15, 0.2) is 55.0 Å². The molecule has 3 heterocycles. The fraction of sp³-hybridized carbons (Fsp3) is 0.379. The number of nitrogens with two attached hydrogens (primary N) is 1. The Morgan fingerprint density at radius 2 is 1.88 bits per heavy atom. The first-order valence-electron chi connectivity index (χ1n) is 13.7. The number of pyridine rings is 1. The zero-order chi connectivity index (χ0) is 27.6. The van der Waals surface area contributed by atoms with Crippen LogP contribution in [0, 0.1) is 5.82 Å². The fourth-order valence-corrected chi connectivity index (χ4v) is 5.30. The molecule has 0 aliphatic heterocycles. The Kier molecular flexibility index (Phi) is 7.21. The molecule has 2 aliphatic rings. The summed E-state index contributed by atoms with van der Waals surface area (Å²) in [4.78, 5) is 24.7. The van der Waals surface area contributed by atoms with Gasteiger partial charge in [-0.3, -0.25) is 9.78 Å². The number of nitrogens with zero attached hydrogens (tertiary/aromatic N) is 5. The second-order valence-electron chi connectivity index (χ2n) is 10.5. The Balaban J connectivity index is 1.39. The van der Waals surface area contributed by atoms with Crippen LogP contribution in [0.4, 0.5) is 21.6 Å². The summed E-state index contributed by atoms with van der Waals surface area (Å²) in [7, 11) is 1.65. The molecule has 208 valence electrons. The molecule has 4 aromatic rings. The van der Waals surface area contributed by atoms with Crippen molar-refractivity contribution in [2.24, 2.45) is 5.73 Å². The van der Waals surface area contributed by atoms with Crippen LogP contribution in [0.1, 0.15) is 54.6 Å². The normalized spacial score (nSPS) is 18.9. The number of benzene rings is 1. The first kappa shape index (κ1) is 26.0. The molecular formula is C29H33FN8O2. The van der Waals surface area contributed by atoms with Crippen LogP contribution in [-0.4, -0.2) is 50.7 Å². The number of halogens is 1. The highest BCUT2D eigenvalue weighted by molar-refractivity contribution is 6.07. The van der Waals surface area contributed by atoms with Crippen LogP contribution >= 0.6 is 0 Å². The number of carbonyl (C=O) groups is 1. The lowest BCUT2D eigenvalue weighted by Gasteiger charge is -2.27. The lowest BCUT2D eigenvalue weighted by Crippen LogP contribution is -2.33. The predicted molar refractivity (Wildman–Crippen MR) is 151 cm³/mol. The van der Waals surface area contributed by atoms with Gasteiger partial charge in [0.1, 0.15) is 5.75 Å². The molecular weight excluding hydrogens is 511 g/mol. The molecule has 6 rings (SSSR count). The topological polar surface area (TPSA) is 123 Å². The lowest BCUT2D eigenvalue weighted by atomic mass is 9.92. The first-order valence-corrected chi connectivity index (χ1v) is 13.7. The van der Waals surface area contributed by atoms with E-state index in [1.165, 1.54) is 12.3 Å². The van der Waals surface area contributed by atoms with Crippen LogP contribution in [-0.2, 0) is 6.54 Å². The minimum absolute atomic E-state index is 0.0415. The number of imidazole rings is 1. The van der Waals surface area contributed by atoms with E-state index in [1.54, 1.807) is 17.8 Å². The summed E-state index contributed by atoms with van der Waals surface area (Å²) >= 11 is 0. The van der Waals surface area contributed by atoms with Gasteiger partial charge in [0, 0.05) is 30.9 Å². The Hall–Kier alpha value is -4.25. The Labute approximate surface area is 231 Å². The fourth-order valence-electron chi connectivity index (χ4n) is 5.30. The maximum Gasteiger partial charge on any atom is 0.278 e. The van der Waals surface area contributed by atoms with E-state index in [1.807, 2.05) is 18.2 Å². The molecule has 0 saturated heterocycles. The van der Waals surface area contributed by atoms with Crippen molar-refractivity contribution < 1.29 is 13.9 Å². The number of hydrogen-bond acceptors (Lipinski definition) is 8. The SMILES string of the molecule is COc1ccc(CN(c2ccnn3c(C(=O)Nc4ccncc4F)c(NC4CCC(N)CC4)nc23)C2CC2)cc1. The van der Waals surface area contributed by atoms with E-state index >= 15 is 0 Å². The second-order valence-corrected chi connectivity index (χ2v) is 10.5. The molecule has 2 aliphatic carbocycles. The van der Waals surface area contributed by atoms with Gasteiger partial charge in [0.25, 0.3) is 5.91 Å². The van der Waals surface area contributed by atoms with E-state index in [-0.39, 0.29) is 23.5 Å². The molecule has 10 nitrogen and oxygen atoms in total. The third-order valence-corrected chi connectivity index (χ3v) is 7.66. The zero-order valence-electron chi connectivity index (χ0n) is 22.4. The summed E-state index contributed by atoms with van der Waals surface area (Å²) in [6, 6.07) is 12.1.